The van der Waals surface area contributed by atoms with Gasteiger partial charge in [0.1, 0.15) is 5.75 Å². The molecular formula is C16H14O5S. The lowest BCUT2D eigenvalue weighted by Gasteiger charge is -2.01. The smallest absolute Gasteiger partial charge is 0.371 e. The van der Waals surface area contributed by atoms with Gasteiger partial charge in [0.15, 0.2) is 5.78 Å². The molecule has 0 fully saturated rings. The second-order valence-electron chi connectivity index (χ2n) is 4.54. The van der Waals surface area contributed by atoms with Gasteiger partial charge in [-0.15, -0.1) is 11.3 Å². The third-order valence-electron chi connectivity index (χ3n) is 2.95. The van der Waals surface area contributed by atoms with Crippen molar-refractivity contribution in [1.29, 1.82) is 0 Å². The Kier molecular flexibility index (Phi) is 4.95. The largest absolute Gasteiger partial charge is 0.502 e. The van der Waals surface area contributed by atoms with Gasteiger partial charge in [0.25, 0.3) is 0 Å². The molecule has 1 aromatic heterocycles. The topological polar surface area (TPSA) is 83.8 Å². The highest BCUT2D eigenvalue weighted by molar-refractivity contribution is 7.12. The zero-order valence-corrected chi connectivity index (χ0v) is 12.6. The van der Waals surface area contributed by atoms with Crippen LogP contribution in [0.2, 0.25) is 0 Å². The Balaban J connectivity index is 2.09. The number of carboxylic acid groups (broad SMARTS) is 1. The van der Waals surface area contributed by atoms with Gasteiger partial charge >= 0.3 is 5.97 Å². The zero-order chi connectivity index (χ0) is 16.1. The van der Waals surface area contributed by atoms with E-state index in [1.54, 1.807) is 13.2 Å². The number of ketones is 1. The summed E-state index contributed by atoms with van der Waals surface area (Å²) in [5, 5.41) is 19.5. The van der Waals surface area contributed by atoms with Crippen LogP contribution in [0, 0.1) is 0 Å². The van der Waals surface area contributed by atoms with Crippen LogP contribution >= 0.6 is 11.3 Å². The highest BCUT2D eigenvalue weighted by atomic mass is 32.1. The Hall–Kier alpha value is -2.60. The first-order valence-corrected chi connectivity index (χ1v) is 7.26. The number of benzene rings is 1. The first-order valence-electron chi connectivity index (χ1n) is 6.38. The summed E-state index contributed by atoms with van der Waals surface area (Å²) in [6.07, 6.45) is 1.37. The van der Waals surface area contributed by atoms with Crippen molar-refractivity contribution < 1.29 is 24.5 Å². The van der Waals surface area contributed by atoms with Gasteiger partial charge < -0.3 is 14.9 Å². The second kappa shape index (κ2) is 6.91. The molecule has 0 bridgehead atoms. The molecule has 0 saturated heterocycles. The van der Waals surface area contributed by atoms with Crippen molar-refractivity contribution in [2.75, 3.05) is 7.11 Å². The average molecular weight is 318 g/mol. The summed E-state index contributed by atoms with van der Waals surface area (Å²) in [7, 11) is 1.60. The van der Waals surface area contributed by atoms with E-state index < -0.39 is 17.5 Å². The number of methoxy groups -OCH3 is 1. The second-order valence-corrected chi connectivity index (χ2v) is 5.45. The molecule has 1 aromatic carbocycles. The summed E-state index contributed by atoms with van der Waals surface area (Å²) in [4.78, 5) is 22.7. The zero-order valence-electron chi connectivity index (χ0n) is 11.8. The van der Waals surface area contributed by atoms with Gasteiger partial charge in [-0.3, -0.25) is 4.79 Å². The van der Waals surface area contributed by atoms with E-state index in [0.29, 0.717) is 17.4 Å². The molecule has 0 amide bonds. The normalized spacial score (nSPS) is 11.2. The minimum atomic E-state index is -1.52. The van der Waals surface area contributed by atoms with Crippen molar-refractivity contribution >= 4 is 23.1 Å². The molecular weight excluding hydrogens is 304 g/mol. The molecule has 114 valence electrons. The van der Waals surface area contributed by atoms with Crippen LogP contribution in [0.1, 0.15) is 20.8 Å². The molecule has 0 unspecified atom stereocenters. The predicted molar refractivity (Wildman–Crippen MR) is 82.8 cm³/mol. The third kappa shape index (κ3) is 3.95. The lowest BCUT2D eigenvalue weighted by molar-refractivity contribution is -0.135. The molecule has 2 aromatic rings. The Morgan fingerprint density at radius 1 is 1.18 bits per heavy atom. The van der Waals surface area contributed by atoms with E-state index in [2.05, 4.69) is 0 Å². The molecule has 6 heteroatoms. The maximum atomic E-state index is 11.8. The lowest BCUT2D eigenvalue weighted by Crippen LogP contribution is -2.02. The van der Waals surface area contributed by atoms with E-state index in [-0.39, 0.29) is 0 Å². The predicted octanol–water partition coefficient (Wildman–Crippen LogP) is 3.06. The number of carbonyl (C=O) groups is 2. The van der Waals surface area contributed by atoms with Crippen LogP contribution in [-0.2, 0) is 11.2 Å². The maximum Gasteiger partial charge on any atom is 0.371 e. The van der Waals surface area contributed by atoms with E-state index in [0.717, 1.165) is 16.9 Å². The summed E-state index contributed by atoms with van der Waals surface area (Å²) in [6, 6.07) is 9.30. The van der Waals surface area contributed by atoms with Crippen LogP contribution < -0.4 is 4.74 Å². The molecule has 5 nitrogen and oxygen atoms in total. The van der Waals surface area contributed by atoms with Gasteiger partial charge in [-0.25, -0.2) is 4.79 Å². The number of allylic oxidation sites excluding steroid dienone is 1. The molecule has 0 radical (unpaired) electrons. The van der Waals surface area contributed by atoms with Crippen molar-refractivity contribution in [3.05, 3.63) is 63.6 Å². The van der Waals surface area contributed by atoms with Crippen LogP contribution in [0.25, 0.3) is 0 Å². The SMILES string of the molecule is COc1ccc(Cc2csc(C(=O)/C=C(\O)C(=O)O)c2)cc1. The number of rotatable bonds is 6. The number of aliphatic hydroxyl groups is 1. The van der Waals surface area contributed by atoms with E-state index in [4.69, 9.17) is 14.9 Å². The van der Waals surface area contributed by atoms with Gasteiger partial charge in [-0.05, 0) is 41.1 Å². The van der Waals surface area contributed by atoms with Crippen molar-refractivity contribution in [1.82, 2.24) is 0 Å². The number of hydrogen-bond donors (Lipinski definition) is 2. The molecule has 2 rings (SSSR count). The molecule has 0 saturated carbocycles. The molecule has 22 heavy (non-hydrogen) atoms. The number of aliphatic hydroxyl groups excluding tert-OH is 1. The van der Waals surface area contributed by atoms with Crippen LogP contribution in [0.4, 0.5) is 0 Å². The summed E-state index contributed by atoms with van der Waals surface area (Å²) in [6.45, 7) is 0. The Labute approximate surface area is 131 Å². The van der Waals surface area contributed by atoms with Crippen LogP contribution in [0.5, 0.6) is 5.75 Å². The molecule has 2 N–H and O–H groups in total. The van der Waals surface area contributed by atoms with Crippen molar-refractivity contribution in [2.24, 2.45) is 0 Å². The van der Waals surface area contributed by atoms with Gasteiger partial charge in [0.05, 0.1) is 12.0 Å². The summed E-state index contributed by atoms with van der Waals surface area (Å²) in [5.41, 5.74) is 2.02. The van der Waals surface area contributed by atoms with E-state index in [1.165, 1.54) is 11.3 Å². The molecule has 0 spiro atoms. The fourth-order valence-electron chi connectivity index (χ4n) is 1.83. The third-order valence-corrected chi connectivity index (χ3v) is 3.94. The van der Waals surface area contributed by atoms with Crippen LogP contribution in [0.3, 0.4) is 0 Å². The number of ether oxygens (including phenoxy) is 1. The average Bonchev–Trinajstić information content (AvgIpc) is 2.96. The van der Waals surface area contributed by atoms with Gasteiger partial charge in [-0.1, -0.05) is 12.1 Å². The first-order chi connectivity index (χ1) is 10.5. The van der Waals surface area contributed by atoms with Crippen molar-refractivity contribution in [3.8, 4) is 5.75 Å². The Bertz CT molecular complexity index is 712. The molecule has 0 aliphatic heterocycles. The minimum absolute atomic E-state index is 0.385. The Morgan fingerprint density at radius 2 is 1.86 bits per heavy atom. The van der Waals surface area contributed by atoms with Gasteiger partial charge in [0.2, 0.25) is 5.76 Å². The number of carboxylic acids is 1. The van der Waals surface area contributed by atoms with Crippen LogP contribution in [-0.4, -0.2) is 29.1 Å². The summed E-state index contributed by atoms with van der Waals surface area (Å²) in [5.74, 6) is -2.23. The molecule has 0 aliphatic rings. The van der Waals surface area contributed by atoms with E-state index >= 15 is 0 Å². The number of thiophene rings is 1. The maximum absolute atomic E-state index is 11.8. The summed E-state index contributed by atoms with van der Waals surface area (Å²) < 4.78 is 5.09. The van der Waals surface area contributed by atoms with E-state index in [9.17, 15) is 9.59 Å². The van der Waals surface area contributed by atoms with E-state index in [1.807, 2.05) is 29.6 Å². The quantitative estimate of drug-likeness (QED) is 0.486. The molecule has 0 aliphatic carbocycles. The highest BCUT2D eigenvalue weighted by Crippen LogP contribution is 2.20. The molecule has 1 heterocycles. The minimum Gasteiger partial charge on any atom is -0.502 e. The first kappa shape index (κ1) is 15.8. The van der Waals surface area contributed by atoms with Crippen molar-refractivity contribution in [3.63, 3.8) is 0 Å². The number of hydrogen-bond acceptors (Lipinski definition) is 5. The monoisotopic (exact) mass is 318 g/mol. The van der Waals surface area contributed by atoms with Crippen molar-refractivity contribution in [2.45, 2.75) is 6.42 Å². The van der Waals surface area contributed by atoms with Gasteiger partial charge in [-0.2, -0.15) is 0 Å². The standard InChI is InChI=1S/C16H14O5S/c1-21-12-4-2-10(3-5-12)6-11-7-15(22-9-11)13(17)8-14(18)16(19)20/h2-5,7-9,18H,6H2,1H3,(H,19,20)/b14-8-. The fraction of sp³-hybridized carbons (Fsp3) is 0.125. The number of aliphatic carboxylic acids is 1. The lowest BCUT2D eigenvalue weighted by atomic mass is 10.1. The summed E-state index contributed by atoms with van der Waals surface area (Å²) >= 11 is 1.22. The highest BCUT2D eigenvalue weighted by Gasteiger charge is 2.12. The fourth-order valence-corrected chi connectivity index (χ4v) is 2.66. The number of carbonyl (C=O) groups excluding carboxylic acids is 1. The van der Waals surface area contributed by atoms with Gasteiger partial charge in [0, 0.05) is 6.08 Å². The molecule has 0 atom stereocenters. The Morgan fingerprint density at radius 3 is 2.45 bits per heavy atom. The van der Waals surface area contributed by atoms with Crippen LogP contribution in [0.15, 0.2) is 47.5 Å².